The number of aliphatic carboxylic acids is 4. The number of fused-ring (bicyclic) bond motifs is 1. The number of unbranched alkanes of at least 4 members (excludes halogenated alkanes) is 1. The second-order valence-electron chi connectivity index (χ2n) is 33.5. The van der Waals surface area contributed by atoms with E-state index in [9.17, 15) is 107 Å². The van der Waals surface area contributed by atoms with Gasteiger partial charge in [0.25, 0.3) is 0 Å². The molecule has 4 rings (SSSR count). The number of aromatic amines is 1. The first kappa shape index (κ1) is 122. The average molecular weight is 2080 g/mol. The van der Waals surface area contributed by atoms with Crippen molar-refractivity contribution in [3.63, 3.8) is 0 Å². The van der Waals surface area contributed by atoms with Gasteiger partial charge in [-0.05, 0) is 88.2 Å². The van der Waals surface area contributed by atoms with Gasteiger partial charge in [-0.1, -0.05) is 86.0 Å². The van der Waals surface area contributed by atoms with E-state index >= 15 is 9.59 Å². The van der Waals surface area contributed by atoms with E-state index in [0.717, 1.165) is 39.7 Å². The summed E-state index contributed by atoms with van der Waals surface area (Å²) in [6, 6.07) is -11.1. The summed E-state index contributed by atoms with van der Waals surface area (Å²) in [5, 5.41) is 106. The van der Waals surface area contributed by atoms with E-state index in [0.29, 0.717) is 24.1 Å². The Bertz CT molecular complexity index is 5080. The molecule has 0 aliphatic heterocycles. The van der Waals surface area contributed by atoms with Gasteiger partial charge < -0.3 is 165 Å². The Kier molecular flexibility index (Phi) is 54.8. The lowest BCUT2D eigenvalue weighted by Gasteiger charge is -2.28. The number of carbonyl (C=O) groups excluding carboxylic acids is 16. The minimum absolute atomic E-state index is 0.00434. The van der Waals surface area contributed by atoms with E-state index in [4.69, 9.17) is 50.6 Å². The van der Waals surface area contributed by atoms with Gasteiger partial charge in [-0.15, -0.1) is 0 Å². The molecule has 0 spiro atoms. The molecule has 3 heterocycles. The Balaban J connectivity index is 1.74. The molecule has 0 aliphatic carbocycles. The van der Waals surface area contributed by atoms with Crippen LogP contribution in [0.3, 0.4) is 0 Å². The highest BCUT2D eigenvalue weighted by atomic mass is 33.1. The van der Waals surface area contributed by atoms with Crippen LogP contribution in [0.4, 0.5) is 5.82 Å². The molecule has 0 fully saturated rings. The van der Waals surface area contributed by atoms with Gasteiger partial charge in [0.15, 0.2) is 35.1 Å². The number of guanidine groups is 3. The highest BCUT2D eigenvalue weighted by molar-refractivity contribution is 8.76. The Morgan fingerprint density at radius 3 is 1.46 bits per heavy atom. The van der Waals surface area contributed by atoms with Crippen LogP contribution < -0.4 is 130 Å². The van der Waals surface area contributed by atoms with Crippen molar-refractivity contribution in [3.8, 4) is 0 Å². The molecule has 15 amide bonds. The highest BCUT2D eigenvalue weighted by Gasteiger charge is 2.39. The number of carbonyl (C=O) groups is 20. The van der Waals surface area contributed by atoms with Crippen LogP contribution in [0.5, 0.6) is 0 Å². The zero-order chi connectivity index (χ0) is 108. The smallest absolute Gasteiger partial charge is 0.326 e. The summed E-state index contributed by atoms with van der Waals surface area (Å²) in [6.07, 6.45) is 2.27. The van der Waals surface area contributed by atoms with Crippen LogP contribution in [0, 0.1) is 28.1 Å². The SMILES string of the molecule is CC[C@H](C)[C@H](NC(=O)[C@H](CSSC[C@H](NC(=O)CNCC(=O)CN(CCN)C(=O)Cn1cnc2c(N)ncnc21)C(=O)N[C@@H](CCCNC(=N)N)C(=O)NCC(=O)N[C@@H](CCCNC(=N)N)C(=O)N[C@@H](CCC(=O)O)C(=O)N[C@H](C(=O)N[C@@H](CC(=O)O)C(=O)O)C(C)C)NC(=O)[C@H](Cc1cnc[nH]1)NC(C)=O)C(=O)NCC(=O)N[C@@H](CCCNC(=N)N)C(=O)N[C@@H](Cc1ccccc1)C(=O)N[C@@H](CCCCN)C(=O)O. The number of benzene rings is 1. The number of nitrogens with zero attached hydrogens (tertiary/aromatic N) is 6. The number of amides is 15. The quantitative estimate of drug-likeness (QED) is 0.00845. The average Bonchev–Trinajstić information content (AvgIpc) is 1.66. The lowest BCUT2D eigenvalue weighted by molar-refractivity contribution is -0.147. The van der Waals surface area contributed by atoms with E-state index in [-0.39, 0.29) is 127 Å². The van der Waals surface area contributed by atoms with E-state index in [2.05, 4.69) is 115 Å². The summed E-state index contributed by atoms with van der Waals surface area (Å²) in [6.45, 7) is 2.94. The molecular formula is C85H134N34O24S2. The highest BCUT2D eigenvalue weighted by Crippen LogP contribution is 2.25. The van der Waals surface area contributed by atoms with Gasteiger partial charge in [0, 0.05) is 82.3 Å². The lowest BCUT2D eigenvalue weighted by Crippen LogP contribution is -2.59. The lowest BCUT2D eigenvalue weighted by atomic mass is 9.98. The molecule has 4 aromatic rings. The maximum Gasteiger partial charge on any atom is 0.326 e. The van der Waals surface area contributed by atoms with Crippen molar-refractivity contribution in [1.29, 1.82) is 16.2 Å². The fraction of sp³-hybridized carbons (Fsp3) is 0.565. The number of carboxylic acids is 4. The largest absolute Gasteiger partial charge is 0.481 e. The molecule has 0 bridgehead atoms. The molecule has 800 valence electrons. The predicted molar refractivity (Wildman–Crippen MR) is 525 cm³/mol. The molecule has 1 aromatic carbocycles. The molecule has 60 heteroatoms. The van der Waals surface area contributed by atoms with Gasteiger partial charge in [-0.2, -0.15) is 0 Å². The number of nitrogens with one attached hydrogen (secondary N) is 22. The molecular weight excluding hydrogens is 1950 g/mol. The van der Waals surface area contributed by atoms with E-state index in [1.807, 2.05) is 5.32 Å². The van der Waals surface area contributed by atoms with Crippen molar-refractivity contribution in [2.75, 3.05) is 89.2 Å². The fourth-order valence-electron chi connectivity index (χ4n) is 13.7. The number of nitrogens with two attached hydrogens (primary N) is 6. The molecule has 0 aliphatic rings. The number of hydrogen-bond acceptors (Lipinski definition) is 33. The number of ketones is 1. The van der Waals surface area contributed by atoms with E-state index in [1.165, 1.54) is 37.3 Å². The van der Waals surface area contributed by atoms with Crippen molar-refractivity contribution in [3.05, 3.63) is 66.8 Å². The monoisotopic (exact) mass is 2080 g/mol. The Morgan fingerprint density at radius 1 is 0.483 bits per heavy atom. The Hall–Kier alpha value is -15.2. The number of rotatable bonds is 71. The van der Waals surface area contributed by atoms with Crippen LogP contribution >= 0.6 is 21.6 Å². The summed E-state index contributed by atoms with van der Waals surface area (Å²) in [7, 11) is 1.55. The number of anilines is 1. The van der Waals surface area contributed by atoms with Crippen molar-refractivity contribution >= 4 is 175 Å². The van der Waals surface area contributed by atoms with Crippen LogP contribution in [-0.4, -0.2) is 347 Å². The Labute approximate surface area is 839 Å². The van der Waals surface area contributed by atoms with Gasteiger partial charge in [-0.3, -0.25) is 103 Å². The topological polar surface area (TPSA) is 942 Å². The summed E-state index contributed by atoms with van der Waals surface area (Å²) in [5.74, 6) is -25.8. The van der Waals surface area contributed by atoms with Crippen molar-refractivity contribution in [2.24, 2.45) is 40.5 Å². The maximum absolute atomic E-state index is 15.1. The molecule has 0 unspecified atom stereocenters. The summed E-state index contributed by atoms with van der Waals surface area (Å²) >= 11 is 0. The van der Waals surface area contributed by atoms with Crippen LogP contribution in [0.15, 0.2) is 55.5 Å². The fourth-order valence-corrected chi connectivity index (χ4v) is 16.1. The second-order valence-corrected chi connectivity index (χ2v) is 36.1. The third-order valence-electron chi connectivity index (χ3n) is 21.5. The maximum atomic E-state index is 15.1. The van der Waals surface area contributed by atoms with Gasteiger partial charge in [0.2, 0.25) is 88.6 Å². The number of imidazole rings is 2. The van der Waals surface area contributed by atoms with Crippen molar-refractivity contribution in [1.82, 2.24) is 130 Å². The summed E-state index contributed by atoms with van der Waals surface area (Å²) in [4.78, 5) is 294. The van der Waals surface area contributed by atoms with E-state index < -0.39 is 284 Å². The number of nitrogen functional groups attached to an aromatic ring is 1. The molecule has 38 N–H and O–H groups in total. The predicted octanol–water partition coefficient (Wildman–Crippen LogP) is -9.86. The van der Waals surface area contributed by atoms with Crippen LogP contribution in [0.25, 0.3) is 11.2 Å². The number of H-pyrrole nitrogens is 1. The number of hydrogen-bond donors (Lipinski definition) is 32. The summed E-state index contributed by atoms with van der Waals surface area (Å²) < 4.78 is 1.37. The molecule has 0 radical (unpaired) electrons. The van der Waals surface area contributed by atoms with Gasteiger partial charge >= 0.3 is 23.9 Å². The molecule has 13 atom stereocenters. The van der Waals surface area contributed by atoms with Crippen molar-refractivity contribution < 1.29 is 116 Å². The minimum atomic E-state index is -1.97. The first-order valence-corrected chi connectivity index (χ1v) is 48.6. The molecule has 0 saturated heterocycles. The van der Waals surface area contributed by atoms with Gasteiger partial charge in [0.05, 0.1) is 51.8 Å². The van der Waals surface area contributed by atoms with E-state index in [1.54, 1.807) is 44.2 Å². The third-order valence-corrected chi connectivity index (χ3v) is 23.9. The number of carboxylic acid groups (broad SMARTS) is 4. The first-order chi connectivity index (χ1) is 68.7. The standard InChI is InChI=1S/C85H134N34O24S2/c1-6-45(4)67(79(138)101-36-62(124)108-52(20-14-27-99-85(93)94)73(132)113-55(29-47-15-8-7-9-16-47)75(134)112-54(81(140)141)17-10-11-23-86)117-78(137)59(115-76(135)56(106-46(5)120)30-48-32-96-41-102-48)40-145-144-39-58(109-60(122)34-95-33-49(121)37-118(28-24-87)63(125)38-119-43-105-68-69(88)103-42-104-70(68)119)77(136)110-50(18-12-25-97-83(89)90)71(130)100-35-61(123)107-51(19-13-26-98-84(91)92)72(131)111-53(21-22-64(126)127)74(133)116-66(44(2)3)80(139)114-57(82(142)143)31-65(128)129/h7-9,15-16,32,41-45,50-59,66-67,95H,6,10-14,17-31,33-40,86-87H2,1-5H3,(H,96,102)(H,100,130)(H,101,138)(H,106,120)(H,107,123)(H,108,124)(H,109,122)(H,110,136)(H,111,131)(H,112,134)(H,113,132)(H,114,139)(H,115,135)(H,116,133)(H,117,137)(H,126,127)(H,128,129)(H,140,141)(H,142,143)(H2,88,103,104)(H4,89,90,97)(H4,91,92,98)(H4,93,94,99)/t45-,50-,51-,52-,53-,54-,55-,56-,57-,58-,59-,66-,67-/m0/s1. The zero-order valence-corrected chi connectivity index (χ0v) is 82.3. The first-order valence-electron chi connectivity index (χ1n) is 46.1. The van der Waals surface area contributed by atoms with Crippen LogP contribution in [-0.2, 0) is 115 Å². The van der Waals surface area contributed by atoms with Gasteiger partial charge in [0.1, 0.15) is 90.9 Å². The van der Waals surface area contributed by atoms with Gasteiger partial charge in [-0.25, -0.2) is 29.5 Å². The molecule has 145 heavy (non-hydrogen) atoms. The molecule has 3 aromatic heterocycles. The zero-order valence-electron chi connectivity index (χ0n) is 80.7. The van der Waals surface area contributed by atoms with Crippen LogP contribution in [0.1, 0.15) is 129 Å². The minimum Gasteiger partial charge on any atom is -0.481 e. The third kappa shape index (κ3) is 47.0. The van der Waals surface area contributed by atoms with Crippen molar-refractivity contribution in [2.45, 2.75) is 210 Å². The van der Waals surface area contributed by atoms with Crippen LogP contribution in [0.2, 0.25) is 0 Å². The number of Topliss-reactive ketones (excluding diaryl/α,β-unsaturated/α-hetero) is 1. The molecule has 0 saturated carbocycles. The summed E-state index contributed by atoms with van der Waals surface area (Å²) in [5.41, 5.74) is 35.3. The Morgan fingerprint density at radius 2 is 0.952 bits per heavy atom. The number of aromatic nitrogens is 6. The normalized spacial score (nSPS) is 13.7. The second kappa shape index (κ2) is 65.0. The molecule has 58 nitrogen and oxygen atoms in total.